The lowest BCUT2D eigenvalue weighted by Crippen LogP contribution is -2.49. The van der Waals surface area contributed by atoms with Gasteiger partial charge in [0.25, 0.3) is 5.69 Å². The fourth-order valence-corrected chi connectivity index (χ4v) is 3.86. The van der Waals surface area contributed by atoms with Gasteiger partial charge in [-0.1, -0.05) is 59.7 Å². The highest BCUT2D eigenvalue weighted by Crippen LogP contribution is 2.27. The van der Waals surface area contributed by atoms with E-state index in [0.29, 0.717) is 22.2 Å². The first-order valence-electron chi connectivity index (χ1n) is 9.99. The summed E-state index contributed by atoms with van der Waals surface area (Å²) in [6, 6.07) is 11.5. The molecule has 0 aliphatic rings. The van der Waals surface area contributed by atoms with Crippen LogP contribution in [0.4, 0.5) is 21.3 Å². The standard InChI is InChI=1S/C21H21BrN6O4S/c1-3-12(2)17(24-20(30)23-15-8-10-16(11-9-15)28(31)32)18(29)25-21-27-26-19(33-21)13-4-6-14(22)7-5-13/h4-12,17H,3H2,1-2H3,(H2,23,24,30)(H,25,27,29)/t12-,17+/m1/s1. The lowest BCUT2D eigenvalue weighted by molar-refractivity contribution is -0.384. The highest BCUT2D eigenvalue weighted by Gasteiger charge is 2.27. The van der Waals surface area contributed by atoms with E-state index in [-0.39, 0.29) is 11.6 Å². The van der Waals surface area contributed by atoms with Crippen LogP contribution >= 0.6 is 27.3 Å². The van der Waals surface area contributed by atoms with Crippen LogP contribution in [0, 0.1) is 16.0 Å². The van der Waals surface area contributed by atoms with Crippen molar-refractivity contribution in [2.45, 2.75) is 26.3 Å². The molecular weight excluding hydrogens is 512 g/mol. The average Bonchev–Trinajstić information content (AvgIpc) is 3.26. The fourth-order valence-electron chi connectivity index (χ4n) is 2.84. The second-order valence-corrected chi connectivity index (χ2v) is 9.07. The van der Waals surface area contributed by atoms with Gasteiger partial charge in [0.05, 0.1) is 4.92 Å². The summed E-state index contributed by atoms with van der Waals surface area (Å²) < 4.78 is 0.943. The molecule has 0 spiro atoms. The molecule has 0 radical (unpaired) electrons. The number of benzene rings is 2. The molecule has 3 amide bonds. The van der Waals surface area contributed by atoms with Crippen molar-refractivity contribution < 1.29 is 14.5 Å². The summed E-state index contributed by atoms with van der Waals surface area (Å²) in [6.45, 7) is 3.77. The van der Waals surface area contributed by atoms with Gasteiger partial charge in [0.1, 0.15) is 11.0 Å². The third kappa shape index (κ3) is 6.56. The third-order valence-corrected chi connectivity index (χ3v) is 6.28. The molecule has 3 N–H and O–H groups in total. The second-order valence-electron chi connectivity index (χ2n) is 7.17. The molecule has 3 rings (SSSR count). The molecule has 0 saturated carbocycles. The first-order chi connectivity index (χ1) is 15.8. The Kier molecular flexibility index (Phi) is 8.06. The molecule has 0 aliphatic heterocycles. The molecule has 0 saturated heterocycles. The molecule has 12 heteroatoms. The molecule has 1 heterocycles. The summed E-state index contributed by atoms with van der Waals surface area (Å²) in [6.07, 6.45) is 0.649. The number of non-ortho nitro benzene ring substituents is 1. The minimum atomic E-state index is -0.826. The SMILES string of the molecule is CC[C@@H](C)[C@H](NC(=O)Nc1ccc([N+](=O)[O-])cc1)C(=O)Nc1nnc(-c2ccc(Br)cc2)s1. The number of anilines is 2. The summed E-state index contributed by atoms with van der Waals surface area (Å²) in [5.74, 6) is -0.576. The smallest absolute Gasteiger partial charge is 0.319 e. The number of rotatable bonds is 8. The van der Waals surface area contributed by atoms with E-state index in [1.807, 2.05) is 38.1 Å². The van der Waals surface area contributed by atoms with Crippen LogP contribution in [0.25, 0.3) is 10.6 Å². The molecule has 3 aromatic rings. The van der Waals surface area contributed by atoms with Gasteiger partial charge in [-0.25, -0.2) is 4.79 Å². The number of carbonyl (C=O) groups is 2. The maximum Gasteiger partial charge on any atom is 0.319 e. The van der Waals surface area contributed by atoms with E-state index in [0.717, 1.165) is 10.0 Å². The van der Waals surface area contributed by atoms with Gasteiger partial charge in [0.15, 0.2) is 0 Å². The van der Waals surface area contributed by atoms with E-state index in [1.165, 1.54) is 35.6 Å². The van der Waals surface area contributed by atoms with E-state index in [2.05, 4.69) is 42.1 Å². The van der Waals surface area contributed by atoms with E-state index >= 15 is 0 Å². The molecular formula is C21H21BrN6O4S. The topological polar surface area (TPSA) is 139 Å². The van der Waals surface area contributed by atoms with Crippen molar-refractivity contribution in [2.24, 2.45) is 5.92 Å². The Balaban J connectivity index is 1.65. The molecule has 0 unspecified atom stereocenters. The van der Waals surface area contributed by atoms with E-state index in [1.54, 1.807) is 0 Å². The molecule has 0 aliphatic carbocycles. The van der Waals surface area contributed by atoms with Crippen LogP contribution in [0.3, 0.4) is 0 Å². The molecule has 172 valence electrons. The normalized spacial score (nSPS) is 12.5. The Morgan fingerprint density at radius 1 is 1.09 bits per heavy atom. The van der Waals surface area contributed by atoms with Crippen LogP contribution in [0.15, 0.2) is 53.0 Å². The molecule has 2 aromatic carbocycles. The van der Waals surface area contributed by atoms with Crippen LogP contribution in [0.5, 0.6) is 0 Å². The molecule has 0 fully saturated rings. The van der Waals surface area contributed by atoms with Gasteiger partial charge in [-0.15, -0.1) is 10.2 Å². The van der Waals surface area contributed by atoms with Crippen LogP contribution in [0.2, 0.25) is 0 Å². The Hall–Kier alpha value is -3.38. The first kappa shape index (κ1) is 24.3. The third-order valence-electron chi connectivity index (χ3n) is 4.86. The van der Waals surface area contributed by atoms with Gasteiger partial charge < -0.3 is 10.6 Å². The predicted molar refractivity (Wildman–Crippen MR) is 130 cm³/mol. The van der Waals surface area contributed by atoms with Crippen LogP contribution < -0.4 is 16.0 Å². The van der Waals surface area contributed by atoms with Gasteiger partial charge in [-0.2, -0.15) is 0 Å². The summed E-state index contributed by atoms with van der Waals surface area (Å²) >= 11 is 4.61. The number of urea groups is 1. The molecule has 2 atom stereocenters. The summed E-state index contributed by atoms with van der Waals surface area (Å²) in [4.78, 5) is 35.6. The van der Waals surface area contributed by atoms with Crippen molar-refractivity contribution in [1.29, 1.82) is 0 Å². The van der Waals surface area contributed by atoms with E-state index in [9.17, 15) is 19.7 Å². The van der Waals surface area contributed by atoms with Crippen LogP contribution in [-0.4, -0.2) is 33.1 Å². The van der Waals surface area contributed by atoms with Gasteiger partial charge in [0.2, 0.25) is 11.0 Å². The largest absolute Gasteiger partial charge is 0.326 e. The Labute approximate surface area is 202 Å². The van der Waals surface area contributed by atoms with Gasteiger partial charge in [-0.05, 0) is 30.2 Å². The molecule has 0 bridgehead atoms. The van der Waals surface area contributed by atoms with Gasteiger partial charge in [0, 0.05) is 27.9 Å². The van der Waals surface area contributed by atoms with Crippen molar-refractivity contribution in [3.8, 4) is 10.6 Å². The minimum Gasteiger partial charge on any atom is -0.326 e. The lowest BCUT2D eigenvalue weighted by atomic mass is 9.98. The first-order valence-corrected chi connectivity index (χ1v) is 11.6. The number of nitrogens with one attached hydrogen (secondary N) is 3. The van der Waals surface area contributed by atoms with E-state index in [4.69, 9.17) is 0 Å². The summed E-state index contributed by atoms with van der Waals surface area (Å²) in [5, 5.41) is 27.9. The number of carbonyl (C=O) groups excluding carboxylic acids is 2. The fraction of sp³-hybridized carbons (Fsp3) is 0.238. The number of hydrogen-bond acceptors (Lipinski definition) is 7. The number of hydrogen-bond donors (Lipinski definition) is 3. The summed E-state index contributed by atoms with van der Waals surface area (Å²) in [7, 11) is 0. The lowest BCUT2D eigenvalue weighted by Gasteiger charge is -2.23. The van der Waals surface area contributed by atoms with Crippen LogP contribution in [0.1, 0.15) is 20.3 Å². The van der Waals surface area contributed by atoms with Crippen molar-refractivity contribution in [3.05, 3.63) is 63.1 Å². The van der Waals surface area contributed by atoms with Crippen molar-refractivity contribution >= 4 is 55.7 Å². The quantitative estimate of drug-likeness (QED) is 0.274. The van der Waals surface area contributed by atoms with E-state index < -0.39 is 22.9 Å². The Bertz CT molecular complexity index is 1140. The monoisotopic (exact) mass is 532 g/mol. The van der Waals surface area contributed by atoms with Crippen molar-refractivity contribution in [3.63, 3.8) is 0 Å². The highest BCUT2D eigenvalue weighted by molar-refractivity contribution is 9.10. The van der Waals surface area contributed by atoms with Crippen molar-refractivity contribution in [2.75, 3.05) is 10.6 Å². The van der Waals surface area contributed by atoms with Gasteiger partial charge >= 0.3 is 6.03 Å². The number of nitro benzene ring substituents is 1. The molecule has 33 heavy (non-hydrogen) atoms. The highest BCUT2D eigenvalue weighted by atomic mass is 79.9. The zero-order valence-corrected chi connectivity index (χ0v) is 20.1. The maximum absolute atomic E-state index is 12.9. The van der Waals surface area contributed by atoms with Crippen LogP contribution in [-0.2, 0) is 4.79 Å². The van der Waals surface area contributed by atoms with Gasteiger partial charge in [-0.3, -0.25) is 20.2 Å². The minimum absolute atomic E-state index is 0.0858. The Morgan fingerprint density at radius 3 is 2.36 bits per heavy atom. The zero-order chi connectivity index (χ0) is 24.0. The predicted octanol–water partition coefficient (Wildman–Crippen LogP) is 5.05. The summed E-state index contributed by atoms with van der Waals surface area (Å²) in [5.41, 5.74) is 1.15. The zero-order valence-electron chi connectivity index (χ0n) is 17.7. The number of amides is 3. The maximum atomic E-state index is 12.9. The Morgan fingerprint density at radius 2 is 1.76 bits per heavy atom. The number of nitro groups is 1. The number of aromatic nitrogens is 2. The number of nitrogens with zero attached hydrogens (tertiary/aromatic N) is 3. The molecule has 10 nitrogen and oxygen atoms in total. The van der Waals surface area contributed by atoms with Crippen molar-refractivity contribution in [1.82, 2.24) is 15.5 Å². The number of halogens is 1. The average molecular weight is 533 g/mol. The molecule has 1 aromatic heterocycles. The second kappa shape index (κ2) is 11.0.